The van der Waals surface area contributed by atoms with E-state index in [1.807, 2.05) is 25.1 Å². The van der Waals surface area contributed by atoms with Gasteiger partial charge in [0.25, 0.3) is 5.91 Å². The number of nitrogens with zero attached hydrogens (tertiary/aromatic N) is 1. The van der Waals surface area contributed by atoms with E-state index >= 15 is 0 Å². The van der Waals surface area contributed by atoms with Crippen molar-refractivity contribution < 1.29 is 9.21 Å². The molecule has 2 aromatic rings. The zero-order valence-corrected chi connectivity index (χ0v) is 18.3. The van der Waals surface area contributed by atoms with Crippen LogP contribution < -0.4 is 21.6 Å². The van der Waals surface area contributed by atoms with Crippen LogP contribution in [-0.4, -0.2) is 37.1 Å². The highest BCUT2D eigenvalue weighted by Crippen LogP contribution is 2.23. The molecule has 9 heteroatoms. The summed E-state index contributed by atoms with van der Waals surface area (Å²) in [6, 6.07) is 5.66. The van der Waals surface area contributed by atoms with Crippen LogP contribution in [0.5, 0.6) is 0 Å². The van der Waals surface area contributed by atoms with Crippen molar-refractivity contribution in [1.82, 2.24) is 15.6 Å². The maximum Gasteiger partial charge on any atom is 0.349 e. The average molecular weight is 443 g/mol. The molecule has 1 atom stereocenters. The lowest BCUT2D eigenvalue weighted by Crippen LogP contribution is -2.34. The quantitative estimate of drug-likeness (QED) is 0.595. The molecule has 3 heterocycles. The number of halogens is 2. The van der Waals surface area contributed by atoms with Crippen molar-refractivity contribution in [3.05, 3.63) is 57.3 Å². The number of rotatable bonds is 6. The third-order valence-electron chi connectivity index (χ3n) is 4.81. The molecule has 1 fully saturated rings. The summed E-state index contributed by atoms with van der Waals surface area (Å²) in [5.41, 5.74) is 1.20. The molecule has 160 valence electrons. The number of carbonyl (C=O) groups excluding carboxylic acids is 1. The molecule has 2 aromatic heterocycles. The van der Waals surface area contributed by atoms with Crippen LogP contribution in [0.25, 0.3) is 0 Å². The second-order valence-electron chi connectivity index (χ2n) is 6.89. The van der Waals surface area contributed by atoms with Gasteiger partial charge >= 0.3 is 5.63 Å². The van der Waals surface area contributed by atoms with Crippen molar-refractivity contribution in [2.45, 2.75) is 32.6 Å². The Morgan fingerprint density at radius 2 is 2.07 bits per heavy atom. The molecule has 1 aliphatic rings. The summed E-state index contributed by atoms with van der Waals surface area (Å²) >= 11 is 0. The number of amides is 1. The minimum atomic E-state index is -0.568. The van der Waals surface area contributed by atoms with Crippen molar-refractivity contribution in [3.8, 4) is 0 Å². The standard InChI is InChI=1S/C20H26N4O3.2ClH/c1-13-5-3-8-22-18(13)23-9-10-24-19(25)17-14(2)11-16(27-20(17)26)15-6-4-7-21-12-15;;/h3,5,8,11,15,21H,4,6-7,9-10,12H2,1-2H3,(H,22,23)(H,24,25);2*1H. The van der Waals surface area contributed by atoms with E-state index in [1.54, 1.807) is 13.1 Å². The first-order valence-electron chi connectivity index (χ1n) is 9.35. The van der Waals surface area contributed by atoms with Crippen LogP contribution in [0.3, 0.4) is 0 Å². The summed E-state index contributed by atoms with van der Waals surface area (Å²) < 4.78 is 5.46. The molecule has 0 bridgehead atoms. The Balaban J connectivity index is 0.00000210. The van der Waals surface area contributed by atoms with E-state index in [9.17, 15) is 9.59 Å². The maximum absolute atomic E-state index is 12.4. The number of pyridine rings is 1. The minimum absolute atomic E-state index is 0. The van der Waals surface area contributed by atoms with Crippen LogP contribution in [0.15, 0.2) is 33.6 Å². The fraction of sp³-hybridized carbons (Fsp3) is 0.450. The van der Waals surface area contributed by atoms with Gasteiger partial charge in [0.05, 0.1) is 0 Å². The normalized spacial score (nSPS) is 15.6. The average Bonchev–Trinajstić information content (AvgIpc) is 2.66. The summed E-state index contributed by atoms with van der Waals surface area (Å²) in [4.78, 5) is 29.0. The molecule has 0 saturated carbocycles. The highest BCUT2D eigenvalue weighted by atomic mass is 35.5. The number of aryl methyl sites for hydroxylation is 2. The van der Waals surface area contributed by atoms with Gasteiger partial charge in [0.15, 0.2) is 0 Å². The monoisotopic (exact) mass is 442 g/mol. The first-order chi connectivity index (χ1) is 13.1. The largest absolute Gasteiger partial charge is 0.427 e. The predicted octanol–water partition coefficient (Wildman–Crippen LogP) is 2.80. The molecular formula is C20H28Cl2N4O3. The third-order valence-corrected chi connectivity index (χ3v) is 4.81. The van der Waals surface area contributed by atoms with E-state index in [1.165, 1.54) is 0 Å². The summed E-state index contributed by atoms with van der Waals surface area (Å²) in [6.45, 7) is 6.42. The first-order valence-corrected chi connectivity index (χ1v) is 9.35. The Bertz CT molecular complexity index is 867. The lowest BCUT2D eigenvalue weighted by molar-refractivity contribution is 0.0950. The predicted molar refractivity (Wildman–Crippen MR) is 119 cm³/mol. The van der Waals surface area contributed by atoms with Gasteiger partial charge in [0.1, 0.15) is 17.1 Å². The molecule has 1 saturated heterocycles. The fourth-order valence-electron chi connectivity index (χ4n) is 3.32. The molecule has 1 aliphatic heterocycles. The summed E-state index contributed by atoms with van der Waals surface area (Å²) in [5.74, 6) is 1.23. The molecular weight excluding hydrogens is 415 g/mol. The molecule has 0 spiro atoms. The molecule has 7 nitrogen and oxygen atoms in total. The second-order valence-corrected chi connectivity index (χ2v) is 6.89. The van der Waals surface area contributed by atoms with Gasteiger partial charge in [0, 0.05) is 31.7 Å². The van der Waals surface area contributed by atoms with Crippen molar-refractivity contribution in [1.29, 1.82) is 0 Å². The van der Waals surface area contributed by atoms with Gasteiger partial charge in [0.2, 0.25) is 0 Å². The second kappa shape index (κ2) is 11.8. The Hall–Kier alpha value is -2.09. The zero-order chi connectivity index (χ0) is 19.2. The van der Waals surface area contributed by atoms with Gasteiger partial charge in [-0.05, 0) is 56.5 Å². The van der Waals surface area contributed by atoms with Gasteiger partial charge < -0.3 is 20.4 Å². The van der Waals surface area contributed by atoms with Gasteiger partial charge in [-0.2, -0.15) is 0 Å². The number of nitrogens with one attached hydrogen (secondary N) is 3. The Morgan fingerprint density at radius 3 is 2.72 bits per heavy atom. The maximum atomic E-state index is 12.4. The number of aromatic nitrogens is 1. The van der Waals surface area contributed by atoms with Crippen molar-refractivity contribution in [2.75, 3.05) is 31.5 Å². The van der Waals surface area contributed by atoms with Crippen LogP contribution in [0.4, 0.5) is 5.82 Å². The summed E-state index contributed by atoms with van der Waals surface area (Å²) in [6.07, 6.45) is 3.75. The van der Waals surface area contributed by atoms with E-state index in [0.29, 0.717) is 24.4 Å². The van der Waals surface area contributed by atoms with Crippen LogP contribution in [-0.2, 0) is 0 Å². The number of anilines is 1. The first kappa shape index (κ1) is 24.9. The van der Waals surface area contributed by atoms with Crippen LogP contribution in [0.1, 0.15) is 46.0 Å². The molecule has 0 aliphatic carbocycles. The van der Waals surface area contributed by atoms with Crippen molar-refractivity contribution >= 4 is 36.5 Å². The van der Waals surface area contributed by atoms with Crippen molar-refractivity contribution in [3.63, 3.8) is 0 Å². The fourth-order valence-corrected chi connectivity index (χ4v) is 3.32. The SMILES string of the molecule is Cc1cccnc1NCCNC(=O)c1c(C)cc(C2CCCNC2)oc1=O.Cl.Cl. The Morgan fingerprint density at radius 1 is 1.28 bits per heavy atom. The number of carbonyl (C=O) groups is 1. The molecule has 0 radical (unpaired) electrons. The van der Waals surface area contributed by atoms with E-state index in [4.69, 9.17) is 4.42 Å². The van der Waals surface area contributed by atoms with Gasteiger partial charge in [-0.25, -0.2) is 9.78 Å². The molecule has 1 amide bonds. The van der Waals surface area contributed by atoms with Crippen LogP contribution in [0, 0.1) is 13.8 Å². The lowest BCUT2D eigenvalue weighted by atomic mass is 9.95. The molecule has 3 rings (SSSR count). The number of hydrogen-bond donors (Lipinski definition) is 3. The highest BCUT2D eigenvalue weighted by Gasteiger charge is 2.22. The van der Waals surface area contributed by atoms with E-state index in [0.717, 1.165) is 37.3 Å². The van der Waals surface area contributed by atoms with Crippen LogP contribution in [0.2, 0.25) is 0 Å². The van der Waals surface area contributed by atoms with Crippen LogP contribution >= 0.6 is 24.8 Å². The topological polar surface area (TPSA) is 96.3 Å². The molecule has 29 heavy (non-hydrogen) atoms. The summed E-state index contributed by atoms with van der Waals surface area (Å²) in [7, 11) is 0. The Kier molecular flexibility index (Phi) is 10.2. The van der Waals surface area contributed by atoms with Gasteiger partial charge in [-0.1, -0.05) is 6.07 Å². The van der Waals surface area contributed by atoms with E-state index < -0.39 is 11.5 Å². The summed E-state index contributed by atoms with van der Waals surface area (Å²) in [5, 5.41) is 9.24. The van der Waals surface area contributed by atoms with Crippen molar-refractivity contribution in [2.24, 2.45) is 0 Å². The highest BCUT2D eigenvalue weighted by molar-refractivity contribution is 5.95. The van der Waals surface area contributed by atoms with Gasteiger partial charge in [-0.3, -0.25) is 4.79 Å². The third kappa shape index (κ3) is 6.45. The van der Waals surface area contributed by atoms with E-state index in [2.05, 4.69) is 20.9 Å². The molecule has 1 unspecified atom stereocenters. The number of piperidine rings is 1. The Labute approximate surface area is 182 Å². The zero-order valence-electron chi connectivity index (χ0n) is 16.6. The molecule has 0 aromatic carbocycles. The minimum Gasteiger partial charge on any atom is -0.427 e. The van der Waals surface area contributed by atoms with E-state index in [-0.39, 0.29) is 36.3 Å². The number of hydrogen-bond acceptors (Lipinski definition) is 6. The lowest BCUT2D eigenvalue weighted by Gasteiger charge is -2.22. The van der Waals surface area contributed by atoms with Gasteiger partial charge in [-0.15, -0.1) is 24.8 Å². The smallest absolute Gasteiger partial charge is 0.349 e. The molecule has 3 N–H and O–H groups in total.